The van der Waals surface area contributed by atoms with E-state index in [1.807, 2.05) is 37.3 Å². The van der Waals surface area contributed by atoms with Crippen molar-refractivity contribution < 1.29 is 9.15 Å². The van der Waals surface area contributed by atoms with E-state index in [0.29, 0.717) is 31.5 Å². The van der Waals surface area contributed by atoms with Crippen LogP contribution in [-0.2, 0) is 11.3 Å². The molecule has 1 aliphatic heterocycles. The van der Waals surface area contributed by atoms with Crippen LogP contribution >= 0.6 is 11.8 Å². The molecule has 0 bridgehead atoms. The maximum Gasteiger partial charge on any atom is 0.247 e. The summed E-state index contributed by atoms with van der Waals surface area (Å²) in [6, 6.07) is 18.4. The van der Waals surface area contributed by atoms with Gasteiger partial charge in [-0.25, -0.2) is 0 Å². The molecular formula is C24H26N6O2S. The lowest BCUT2D eigenvalue weighted by molar-refractivity contribution is 0.121. The van der Waals surface area contributed by atoms with Gasteiger partial charge in [-0.15, -0.1) is 20.4 Å². The maximum absolute atomic E-state index is 6.00. The number of benzene rings is 2. The predicted octanol–water partition coefficient (Wildman–Crippen LogP) is 4.37. The highest BCUT2D eigenvalue weighted by atomic mass is 32.2. The van der Waals surface area contributed by atoms with Crippen LogP contribution in [0.15, 0.2) is 64.2 Å². The number of aromatic nitrogens is 5. The molecule has 2 aromatic heterocycles. The standard InChI is InChI=1S/C24H26N6O2S/c1-17-8-10-20(11-9-17)22-26-25-21(32-22)18(2)33-24-28-27-23(29-12-14-31-15-13-29)30(24)16-19-6-4-3-5-7-19/h3-11,18H,12-16H2,1-2H3. The first kappa shape index (κ1) is 21.7. The van der Waals surface area contributed by atoms with Crippen molar-refractivity contribution in [1.29, 1.82) is 0 Å². The minimum absolute atomic E-state index is 0.0760. The zero-order valence-electron chi connectivity index (χ0n) is 18.7. The lowest BCUT2D eigenvalue weighted by atomic mass is 10.1. The molecule has 0 aliphatic carbocycles. The molecule has 170 valence electrons. The van der Waals surface area contributed by atoms with Gasteiger partial charge in [-0.2, -0.15) is 0 Å². The highest BCUT2D eigenvalue weighted by Gasteiger charge is 2.24. The smallest absolute Gasteiger partial charge is 0.247 e. The lowest BCUT2D eigenvalue weighted by Gasteiger charge is -2.28. The van der Waals surface area contributed by atoms with Gasteiger partial charge in [0.25, 0.3) is 0 Å². The van der Waals surface area contributed by atoms with Crippen LogP contribution in [0.5, 0.6) is 0 Å². The van der Waals surface area contributed by atoms with E-state index in [1.165, 1.54) is 11.1 Å². The van der Waals surface area contributed by atoms with E-state index < -0.39 is 0 Å². The number of anilines is 1. The van der Waals surface area contributed by atoms with E-state index in [9.17, 15) is 0 Å². The number of morpholine rings is 1. The second-order valence-electron chi connectivity index (χ2n) is 8.03. The number of thioether (sulfide) groups is 1. The largest absolute Gasteiger partial charge is 0.419 e. The fourth-order valence-electron chi connectivity index (χ4n) is 3.69. The normalized spacial score (nSPS) is 15.0. The molecule has 8 nitrogen and oxygen atoms in total. The van der Waals surface area contributed by atoms with Gasteiger partial charge in [0.15, 0.2) is 5.16 Å². The van der Waals surface area contributed by atoms with Crippen LogP contribution < -0.4 is 4.90 Å². The fraction of sp³-hybridized carbons (Fsp3) is 0.333. The Balaban J connectivity index is 1.39. The van der Waals surface area contributed by atoms with Crippen LogP contribution in [0.4, 0.5) is 5.95 Å². The van der Waals surface area contributed by atoms with Crippen molar-refractivity contribution in [2.24, 2.45) is 0 Å². The predicted molar refractivity (Wildman–Crippen MR) is 127 cm³/mol. The number of hydrogen-bond donors (Lipinski definition) is 0. The average Bonchev–Trinajstić information content (AvgIpc) is 3.49. The number of rotatable bonds is 7. The molecule has 1 aliphatic rings. The maximum atomic E-state index is 6.00. The van der Waals surface area contributed by atoms with Gasteiger partial charge in [-0.05, 0) is 31.5 Å². The van der Waals surface area contributed by atoms with Gasteiger partial charge >= 0.3 is 0 Å². The quantitative estimate of drug-likeness (QED) is 0.374. The van der Waals surface area contributed by atoms with Crippen LogP contribution in [0.1, 0.15) is 29.2 Å². The Bertz CT molecular complexity index is 1190. The Kier molecular flexibility index (Phi) is 6.41. The SMILES string of the molecule is Cc1ccc(-c2nnc(C(C)Sc3nnc(N4CCOCC4)n3Cc3ccccc3)o2)cc1. The molecule has 1 fully saturated rings. The Labute approximate surface area is 197 Å². The molecule has 5 rings (SSSR count). The Morgan fingerprint density at radius 1 is 0.939 bits per heavy atom. The first-order valence-corrected chi connectivity index (χ1v) is 11.9. The Morgan fingerprint density at radius 3 is 2.45 bits per heavy atom. The molecule has 1 saturated heterocycles. The topological polar surface area (TPSA) is 82.1 Å². The molecule has 0 amide bonds. The highest BCUT2D eigenvalue weighted by molar-refractivity contribution is 7.99. The molecule has 9 heteroatoms. The molecule has 1 unspecified atom stereocenters. The molecule has 3 heterocycles. The fourth-order valence-corrected chi connectivity index (χ4v) is 4.56. The Morgan fingerprint density at radius 2 is 1.70 bits per heavy atom. The summed E-state index contributed by atoms with van der Waals surface area (Å²) >= 11 is 1.57. The number of nitrogens with zero attached hydrogens (tertiary/aromatic N) is 6. The number of hydrogen-bond acceptors (Lipinski definition) is 8. The summed E-state index contributed by atoms with van der Waals surface area (Å²) in [5.74, 6) is 1.96. The molecule has 0 spiro atoms. The van der Waals surface area contributed by atoms with E-state index in [4.69, 9.17) is 9.15 Å². The van der Waals surface area contributed by atoms with Crippen LogP contribution in [0.2, 0.25) is 0 Å². The monoisotopic (exact) mass is 462 g/mol. The van der Waals surface area contributed by atoms with Crippen molar-refractivity contribution in [2.75, 3.05) is 31.2 Å². The first-order chi connectivity index (χ1) is 16.2. The molecule has 2 aromatic carbocycles. The molecular weight excluding hydrogens is 436 g/mol. The zero-order chi connectivity index (χ0) is 22.6. The second kappa shape index (κ2) is 9.76. The van der Waals surface area contributed by atoms with Crippen molar-refractivity contribution in [1.82, 2.24) is 25.0 Å². The number of aryl methyl sites for hydroxylation is 1. The summed E-state index contributed by atoms with van der Waals surface area (Å²) in [5, 5.41) is 18.4. The Hall–Kier alpha value is -3.17. The molecule has 4 aromatic rings. The summed E-state index contributed by atoms with van der Waals surface area (Å²) in [4.78, 5) is 2.23. The lowest BCUT2D eigenvalue weighted by Crippen LogP contribution is -2.38. The van der Waals surface area contributed by atoms with E-state index in [1.54, 1.807) is 11.8 Å². The molecule has 0 N–H and O–H groups in total. The third kappa shape index (κ3) is 4.94. The van der Waals surface area contributed by atoms with E-state index in [2.05, 4.69) is 61.1 Å². The minimum Gasteiger partial charge on any atom is -0.419 e. The van der Waals surface area contributed by atoms with Gasteiger partial charge in [0.2, 0.25) is 17.7 Å². The van der Waals surface area contributed by atoms with Gasteiger partial charge in [0.05, 0.1) is 25.0 Å². The second-order valence-corrected chi connectivity index (χ2v) is 9.33. The van der Waals surface area contributed by atoms with Crippen molar-refractivity contribution in [3.63, 3.8) is 0 Å². The number of ether oxygens (including phenoxy) is 1. The van der Waals surface area contributed by atoms with Gasteiger partial charge in [-0.1, -0.05) is 59.8 Å². The summed E-state index contributed by atoms with van der Waals surface area (Å²) in [6.45, 7) is 7.79. The van der Waals surface area contributed by atoms with E-state index in [-0.39, 0.29) is 5.25 Å². The summed E-state index contributed by atoms with van der Waals surface area (Å²) in [5.41, 5.74) is 3.30. The van der Waals surface area contributed by atoms with E-state index in [0.717, 1.165) is 29.8 Å². The third-order valence-electron chi connectivity index (χ3n) is 5.54. The summed E-state index contributed by atoms with van der Waals surface area (Å²) < 4.78 is 13.7. The molecule has 0 saturated carbocycles. The summed E-state index contributed by atoms with van der Waals surface area (Å²) in [6.07, 6.45) is 0. The van der Waals surface area contributed by atoms with Crippen molar-refractivity contribution in [2.45, 2.75) is 30.8 Å². The van der Waals surface area contributed by atoms with Crippen LogP contribution in [0.3, 0.4) is 0 Å². The van der Waals surface area contributed by atoms with Gasteiger partial charge < -0.3 is 14.1 Å². The van der Waals surface area contributed by atoms with Crippen LogP contribution in [0.25, 0.3) is 11.5 Å². The summed E-state index contributed by atoms with van der Waals surface area (Å²) in [7, 11) is 0. The average molecular weight is 463 g/mol. The molecule has 33 heavy (non-hydrogen) atoms. The van der Waals surface area contributed by atoms with E-state index >= 15 is 0 Å². The van der Waals surface area contributed by atoms with Gasteiger partial charge in [0, 0.05) is 18.7 Å². The van der Waals surface area contributed by atoms with Crippen molar-refractivity contribution in [3.8, 4) is 11.5 Å². The van der Waals surface area contributed by atoms with Crippen molar-refractivity contribution >= 4 is 17.7 Å². The molecule has 1 atom stereocenters. The molecule has 0 radical (unpaired) electrons. The third-order valence-corrected chi connectivity index (χ3v) is 6.61. The van der Waals surface area contributed by atoms with Crippen molar-refractivity contribution in [3.05, 3.63) is 71.6 Å². The first-order valence-electron chi connectivity index (χ1n) is 11.0. The van der Waals surface area contributed by atoms with Crippen LogP contribution in [-0.4, -0.2) is 51.3 Å². The zero-order valence-corrected chi connectivity index (χ0v) is 19.5. The highest BCUT2D eigenvalue weighted by Crippen LogP contribution is 2.36. The minimum atomic E-state index is -0.0760. The van der Waals surface area contributed by atoms with Crippen LogP contribution in [0, 0.1) is 6.92 Å². The van der Waals surface area contributed by atoms with Gasteiger partial charge in [0.1, 0.15) is 0 Å². The van der Waals surface area contributed by atoms with Gasteiger partial charge in [-0.3, -0.25) is 4.57 Å².